The van der Waals surface area contributed by atoms with Crippen LogP contribution in [-0.2, 0) is 0 Å². The molecule has 2 heteroatoms. The molecule has 2 nitrogen and oxygen atoms in total. The first-order chi connectivity index (χ1) is 6.22. The summed E-state index contributed by atoms with van der Waals surface area (Å²) in [7, 11) is 2.09. The normalized spacial score (nSPS) is 29.5. The Bertz CT molecular complexity index is 134. The van der Waals surface area contributed by atoms with Gasteiger partial charge in [0.1, 0.15) is 0 Å². The summed E-state index contributed by atoms with van der Waals surface area (Å²) in [5.74, 6) is 0.897. The molecule has 1 aliphatic rings. The minimum Gasteiger partial charge on any atom is -0.317 e. The van der Waals surface area contributed by atoms with Crippen molar-refractivity contribution in [1.29, 1.82) is 0 Å². The third-order valence-corrected chi connectivity index (χ3v) is 3.01. The van der Waals surface area contributed by atoms with E-state index < -0.39 is 0 Å². The van der Waals surface area contributed by atoms with Crippen LogP contribution < -0.4 is 10.6 Å². The maximum absolute atomic E-state index is 3.53. The van der Waals surface area contributed by atoms with E-state index in [1.54, 1.807) is 0 Å². The Morgan fingerprint density at radius 2 is 2.08 bits per heavy atom. The molecule has 2 N–H and O–H groups in total. The van der Waals surface area contributed by atoms with Gasteiger partial charge in [0.25, 0.3) is 0 Å². The molecule has 1 fully saturated rings. The molecule has 0 amide bonds. The van der Waals surface area contributed by atoms with Crippen LogP contribution in [-0.4, -0.2) is 25.7 Å². The molecule has 1 rings (SSSR count). The molecule has 0 spiro atoms. The lowest BCUT2D eigenvalue weighted by molar-refractivity contribution is 0.282. The molecule has 0 bridgehead atoms. The van der Waals surface area contributed by atoms with Crippen LogP contribution in [0.15, 0.2) is 0 Å². The van der Waals surface area contributed by atoms with Gasteiger partial charge in [0.15, 0.2) is 0 Å². The zero-order chi connectivity index (χ0) is 9.68. The highest BCUT2D eigenvalue weighted by Gasteiger charge is 2.20. The van der Waals surface area contributed by atoms with E-state index in [9.17, 15) is 0 Å². The minimum absolute atomic E-state index is 0.634. The highest BCUT2D eigenvalue weighted by molar-refractivity contribution is 4.78. The van der Waals surface area contributed by atoms with Gasteiger partial charge in [0.2, 0.25) is 0 Å². The maximum atomic E-state index is 3.53. The molecule has 0 aliphatic heterocycles. The van der Waals surface area contributed by atoms with Crippen molar-refractivity contribution in [2.75, 3.05) is 13.6 Å². The summed E-state index contributed by atoms with van der Waals surface area (Å²) in [6.07, 6.45) is 5.54. The van der Waals surface area contributed by atoms with Crippen molar-refractivity contribution in [2.45, 2.75) is 51.6 Å². The van der Waals surface area contributed by atoms with Gasteiger partial charge in [-0.15, -0.1) is 0 Å². The van der Waals surface area contributed by atoms with Gasteiger partial charge in [-0.05, 0) is 38.8 Å². The summed E-state index contributed by atoms with van der Waals surface area (Å²) in [4.78, 5) is 0. The van der Waals surface area contributed by atoms with Gasteiger partial charge in [-0.2, -0.15) is 0 Å². The molecular weight excluding hydrogens is 160 g/mol. The molecule has 0 aromatic carbocycles. The van der Waals surface area contributed by atoms with Crippen LogP contribution in [0.3, 0.4) is 0 Å². The Hall–Kier alpha value is -0.0800. The Labute approximate surface area is 82.5 Å². The van der Waals surface area contributed by atoms with Gasteiger partial charge in [-0.1, -0.05) is 20.3 Å². The minimum atomic E-state index is 0.634. The molecule has 13 heavy (non-hydrogen) atoms. The molecular formula is C11H24N2. The monoisotopic (exact) mass is 184 g/mol. The van der Waals surface area contributed by atoms with E-state index in [1.165, 1.54) is 32.2 Å². The largest absolute Gasteiger partial charge is 0.317 e. The lowest BCUT2D eigenvalue weighted by Crippen LogP contribution is -2.37. The SMILES string of the molecule is CNC1CCCC(CNC(C)C)C1. The van der Waals surface area contributed by atoms with E-state index in [-0.39, 0.29) is 0 Å². The Balaban J connectivity index is 2.18. The first kappa shape index (κ1) is 11.0. The third kappa shape index (κ3) is 4.10. The smallest absolute Gasteiger partial charge is 0.00671 e. The number of nitrogens with one attached hydrogen (secondary N) is 2. The van der Waals surface area contributed by atoms with Gasteiger partial charge in [0, 0.05) is 12.1 Å². The number of hydrogen-bond acceptors (Lipinski definition) is 2. The van der Waals surface area contributed by atoms with Crippen molar-refractivity contribution < 1.29 is 0 Å². The summed E-state index contributed by atoms with van der Waals surface area (Å²) < 4.78 is 0. The topological polar surface area (TPSA) is 24.1 Å². The van der Waals surface area contributed by atoms with E-state index >= 15 is 0 Å². The molecule has 0 radical (unpaired) electrons. The molecule has 0 aromatic rings. The quantitative estimate of drug-likeness (QED) is 0.696. The molecule has 0 saturated heterocycles. The van der Waals surface area contributed by atoms with Crippen LogP contribution >= 0.6 is 0 Å². The summed E-state index contributed by atoms with van der Waals surface area (Å²) in [6.45, 7) is 5.65. The van der Waals surface area contributed by atoms with Crippen molar-refractivity contribution in [3.8, 4) is 0 Å². The fraction of sp³-hybridized carbons (Fsp3) is 1.00. The third-order valence-electron chi connectivity index (χ3n) is 3.01. The van der Waals surface area contributed by atoms with Crippen molar-refractivity contribution in [3.05, 3.63) is 0 Å². The van der Waals surface area contributed by atoms with Gasteiger partial charge >= 0.3 is 0 Å². The fourth-order valence-electron chi connectivity index (χ4n) is 2.14. The zero-order valence-corrected chi connectivity index (χ0v) is 9.27. The number of hydrogen-bond donors (Lipinski definition) is 2. The van der Waals surface area contributed by atoms with Gasteiger partial charge in [-0.25, -0.2) is 0 Å². The second-order valence-electron chi connectivity index (χ2n) is 4.58. The standard InChI is InChI=1S/C11H24N2/c1-9(2)13-8-10-5-4-6-11(7-10)12-3/h9-13H,4-8H2,1-3H3. The van der Waals surface area contributed by atoms with E-state index in [0.717, 1.165) is 12.0 Å². The zero-order valence-electron chi connectivity index (χ0n) is 9.27. The Kier molecular flexibility index (Phi) is 4.74. The first-order valence-electron chi connectivity index (χ1n) is 5.63. The van der Waals surface area contributed by atoms with E-state index in [1.807, 2.05) is 0 Å². The van der Waals surface area contributed by atoms with Gasteiger partial charge in [0.05, 0.1) is 0 Å². The number of rotatable bonds is 4. The van der Waals surface area contributed by atoms with E-state index in [0.29, 0.717) is 6.04 Å². The molecule has 2 atom stereocenters. The average molecular weight is 184 g/mol. The van der Waals surface area contributed by atoms with E-state index in [2.05, 4.69) is 31.5 Å². The van der Waals surface area contributed by atoms with Crippen LogP contribution in [0.1, 0.15) is 39.5 Å². The average Bonchev–Trinajstić information content (AvgIpc) is 2.15. The summed E-state index contributed by atoms with van der Waals surface area (Å²) >= 11 is 0. The predicted octanol–water partition coefficient (Wildman–Crippen LogP) is 1.76. The van der Waals surface area contributed by atoms with Crippen LogP contribution in [0.4, 0.5) is 0 Å². The van der Waals surface area contributed by atoms with Crippen molar-refractivity contribution in [1.82, 2.24) is 10.6 Å². The maximum Gasteiger partial charge on any atom is 0.00671 e. The lowest BCUT2D eigenvalue weighted by Gasteiger charge is -2.29. The lowest BCUT2D eigenvalue weighted by atomic mass is 9.85. The van der Waals surface area contributed by atoms with Crippen molar-refractivity contribution >= 4 is 0 Å². The Morgan fingerprint density at radius 3 is 2.69 bits per heavy atom. The van der Waals surface area contributed by atoms with Crippen molar-refractivity contribution in [2.24, 2.45) is 5.92 Å². The van der Waals surface area contributed by atoms with Crippen LogP contribution in [0.5, 0.6) is 0 Å². The first-order valence-corrected chi connectivity index (χ1v) is 5.63. The molecule has 0 aromatic heterocycles. The van der Waals surface area contributed by atoms with Crippen LogP contribution in [0.2, 0.25) is 0 Å². The van der Waals surface area contributed by atoms with Crippen LogP contribution in [0, 0.1) is 5.92 Å². The Morgan fingerprint density at radius 1 is 1.31 bits per heavy atom. The van der Waals surface area contributed by atoms with E-state index in [4.69, 9.17) is 0 Å². The molecule has 1 saturated carbocycles. The van der Waals surface area contributed by atoms with Crippen molar-refractivity contribution in [3.63, 3.8) is 0 Å². The summed E-state index contributed by atoms with van der Waals surface area (Å²) in [5.41, 5.74) is 0. The molecule has 78 valence electrons. The highest BCUT2D eigenvalue weighted by Crippen LogP contribution is 2.23. The summed E-state index contributed by atoms with van der Waals surface area (Å²) in [5, 5.41) is 6.93. The fourth-order valence-corrected chi connectivity index (χ4v) is 2.14. The highest BCUT2D eigenvalue weighted by atomic mass is 14.9. The summed E-state index contributed by atoms with van der Waals surface area (Å²) in [6, 6.07) is 1.41. The second-order valence-corrected chi connectivity index (χ2v) is 4.58. The van der Waals surface area contributed by atoms with Gasteiger partial charge in [-0.3, -0.25) is 0 Å². The van der Waals surface area contributed by atoms with Gasteiger partial charge < -0.3 is 10.6 Å². The second kappa shape index (κ2) is 5.61. The van der Waals surface area contributed by atoms with Crippen LogP contribution in [0.25, 0.3) is 0 Å². The molecule has 2 unspecified atom stereocenters. The predicted molar refractivity (Wildman–Crippen MR) is 57.9 cm³/mol. The molecule has 1 aliphatic carbocycles. The molecule has 0 heterocycles.